The van der Waals surface area contributed by atoms with Crippen molar-refractivity contribution >= 4 is 0 Å². The second kappa shape index (κ2) is 9.03. The van der Waals surface area contributed by atoms with Crippen LogP contribution < -0.4 is 0 Å². The zero-order chi connectivity index (χ0) is 14.1. The zero-order valence-electron chi connectivity index (χ0n) is 11.6. The monoisotopic (exact) mass is 270 g/mol. The van der Waals surface area contributed by atoms with Crippen LogP contribution in [-0.4, -0.2) is 5.11 Å². The Morgan fingerprint density at radius 1 is 0.895 bits per heavy atom. The molecule has 0 fully saturated rings. The van der Waals surface area contributed by atoms with E-state index in [0.717, 1.165) is 18.4 Å². The fraction of sp³-hybridized carbons (Fsp3) is 0.625. The molecule has 1 atom stereocenters. The third kappa shape index (κ3) is 6.15. The molecule has 0 aliphatic rings. The Labute approximate surface area is 114 Å². The highest BCUT2D eigenvalue weighted by molar-refractivity contribution is 5.24. The molecular formula is C16H24F2O. The predicted octanol–water partition coefficient (Wildman–Crippen LogP) is 5.41. The third-order valence-electron chi connectivity index (χ3n) is 3.40. The molecule has 0 radical (unpaired) electrons. The lowest BCUT2D eigenvalue weighted by Gasteiger charge is -2.11. The normalized spacial score (nSPS) is 12.9. The second-order valence-electron chi connectivity index (χ2n) is 5.04. The van der Waals surface area contributed by atoms with E-state index in [1.807, 2.05) is 0 Å². The highest BCUT2D eigenvalue weighted by Gasteiger charge is 2.10. The minimum Gasteiger partial charge on any atom is -0.388 e. The molecule has 1 aromatic rings. The van der Waals surface area contributed by atoms with Crippen LogP contribution in [0.3, 0.4) is 0 Å². The van der Waals surface area contributed by atoms with Crippen LogP contribution in [0, 0.1) is 0 Å². The number of aliphatic hydroxyl groups is 1. The van der Waals surface area contributed by atoms with Gasteiger partial charge in [0.05, 0.1) is 6.10 Å². The Bertz CT molecular complexity index is 335. The number of rotatable bonds is 9. The van der Waals surface area contributed by atoms with Crippen molar-refractivity contribution in [3.05, 3.63) is 35.4 Å². The highest BCUT2D eigenvalue weighted by atomic mass is 19.3. The molecule has 0 spiro atoms. The second-order valence-corrected chi connectivity index (χ2v) is 5.04. The van der Waals surface area contributed by atoms with Gasteiger partial charge in [0.25, 0.3) is 6.43 Å². The summed E-state index contributed by atoms with van der Waals surface area (Å²) in [7, 11) is 0. The van der Waals surface area contributed by atoms with E-state index in [1.165, 1.54) is 37.8 Å². The molecule has 19 heavy (non-hydrogen) atoms. The number of aliphatic hydroxyl groups excluding tert-OH is 1. The molecule has 0 bridgehead atoms. The van der Waals surface area contributed by atoms with Crippen molar-refractivity contribution < 1.29 is 13.9 Å². The molecule has 3 heteroatoms. The summed E-state index contributed by atoms with van der Waals surface area (Å²) in [4.78, 5) is 0. The van der Waals surface area contributed by atoms with Gasteiger partial charge < -0.3 is 5.11 Å². The maximum atomic E-state index is 12.4. The van der Waals surface area contributed by atoms with Crippen LogP contribution in [-0.2, 0) is 0 Å². The van der Waals surface area contributed by atoms with E-state index < -0.39 is 12.5 Å². The first kappa shape index (κ1) is 16.1. The molecule has 108 valence electrons. The van der Waals surface area contributed by atoms with Crippen LogP contribution in [0.25, 0.3) is 0 Å². The molecule has 0 amide bonds. The summed E-state index contributed by atoms with van der Waals surface area (Å²) in [6.07, 6.45) is 4.84. The Balaban J connectivity index is 2.27. The molecule has 0 aliphatic carbocycles. The van der Waals surface area contributed by atoms with Crippen LogP contribution >= 0.6 is 0 Å². The number of benzene rings is 1. The average molecular weight is 270 g/mol. The van der Waals surface area contributed by atoms with Crippen molar-refractivity contribution in [2.24, 2.45) is 0 Å². The summed E-state index contributed by atoms with van der Waals surface area (Å²) < 4.78 is 24.8. The minimum absolute atomic E-state index is 0.00974. The fourth-order valence-corrected chi connectivity index (χ4v) is 2.15. The number of hydrogen-bond acceptors (Lipinski definition) is 1. The molecule has 0 aliphatic heterocycles. The van der Waals surface area contributed by atoms with E-state index in [9.17, 15) is 13.9 Å². The van der Waals surface area contributed by atoms with E-state index in [1.54, 1.807) is 12.1 Å². The third-order valence-corrected chi connectivity index (χ3v) is 3.40. The number of halogens is 2. The van der Waals surface area contributed by atoms with Gasteiger partial charge in [0, 0.05) is 5.56 Å². The van der Waals surface area contributed by atoms with E-state index in [2.05, 4.69) is 6.92 Å². The maximum Gasteiger partial charge on any atom is 0.263 e. The van der Waals surface area contributed by atoms with Gasteiger partial charge in [-0.2, -0.15) is 0 Å². The van der Waals surface area contributed by atoms with E-state index in [0.29, 0.717) is 6.42 Å². The number of hydrogen-bond donors (Lipinski definition) is 1. The van der Waals surface area contributed by atoms with Crippen molar-refractivity contribution in [3.63, 3.8) is 0 Å². The van der Waals surface area contributed by atoms with Crippen molar-refractivity contribution in [1.82, 2.24) is 0 Å². The SMILES string of the molecule is CCCCCCCCC(O)c1ccc(C(F)F)cc1. The molecule has 0 saturated heterocycles. The lowest BCUT2D eigenvalue weighted by molar-refractivity contribution is 0.150. The van der Waals surface area contributed by atoms with Crippen LogP contribution in [0.15, 0.2) is 24.3 Å². The van der Waals surface area contributed by atoms with Crippen LogP contribution in [0.4, 0.5) is 8.78 Å². The first-order valence-electron chi connectivity index (χ1n) is 7.21. The topological polar surface area (TPSA) is 20.2 Å². The molecule has 1 rings (SSSR count). The largest absolute Gasteiger partial charge is 0.388 e. The van der Waals surface area contributed by atoms with Crippen molar-refractivity contribution in [3.8, 4) is 0 Å². The Morgan fingerprint density at radius 2 is 1.42 bits per heavy atom. The zero-order valence-corrected chi connectivity index (χ0v) is 11.6. The maximum absolute atomic E-state index is 12.4. The minimum atomic E-state index is -2.44. The average Bonchev–Trinajstić information content (AvgIpc) is 2.42. The summed E-state index contributed by atoms with van der Waals surface area (Å²) in [5.41, 5.74) is 0.744. The van der Waals surface area contributed by atoms with Gasteiger partial charge >= 0.3 is 0 Å². The molecule has 0 saturated carbocycles. The molecule has 1 nitrogen and oxygen atoms in total. The first-order chi connectivity index (χ1) is 9.15. The lowest BCUT2D eigenvalue weighted by Crippen LogP contribution is -1.98. The number of alkyl halides is 2. The molecule has 1 unspecified atom stereocenters. The molecule has 1 aromatic carbocycles. The van der Waals surface area contributed by atoms with Crippen molar-refractivity contribution in [2.45, 2.75) is 64.4 Å². The Hall–Kier alpha value is -0.960. The first-order valence-corrected chi connectivity index (χ1v) is 7.21. The Kier molecular flexibility index (Phi) is 7.65. The summed E-state index contributed by atoms with van der Waals surface area (Å²) >= 11 is 0. The van der Waals surface area contributed by atoms with Crippen molar-refractivity contribution in [2.75, 3.05) is 0 Å². The lowest BCUT2D eigenvalue weighted by atomic mass is 10.0. The summed E-state index contributed by atoms with van der Waals surface area (Å²) in [6, 6.07) is 5.99. The number of unbranched alkanes of at least 4 members (excludes halogenated alkanes) is 5. The fourth-order valence-electron chi connectivity index (χ4n) is 2.15. The van der Waals surface area contributed by atoms with Gasteiger partial charge in [-0.25, -0.2) is 8.78 Å². The summed E-state index contributed by atoms with van der Waals surface area (Å²) in [5, 5.41) is 9.97. The standard InChI is InChI=1S/C16H24F2O/c1-2-3-4-5-6-7-8-15(19)13-9-11-14(12-10-13)16(17)18/h9-12,15-16,19H,2-8H2,1H3. The van der Waals surface area contributed by atoms with Gasteiger partial charge in [-0.05, 0) is 12.0 Å². The molecule has 0 aromatic heterocycles. The quantitative estimate of drug-likeness (QED) is 0.595. The van der Waals surface area contributed by atoms with Crippen LogP contribution in [0.1, 0.15) is 75.5 Å². The van der Waals surface area contributed by atoms with Gasteiger partial charge in [0.2, 0.25) is 0 Å². The van der Waals surface area contributed by atoms with Crippen LogP contribution in [0.5, 0.6) is 0 Å². The summed E-state index contributed by atoms with van der Waals surface area (Å²) in [5.74, 6) is 0. The van der Waals surface area contributed by atoms with Gasteiger partial charge in [-0.1, -0.05) is 69.7 Å². The van der Waals surface area contributed by atoms with E-state index >= 15 is 0 Å². The highest BCUT2D eigenvalue weighted by Crippen LogP contribution is 2.24. The van der Waals surface area contributed by atoms with Crippen LogP contribution in [0.2, 0.25) is 0 Å². The summed E-state index contributed by atoms with van der Waals surface area (Å²) in [6.45, 7) is 2.19. The van der Waals surface area contributed by atoms with E-state index in [-0.39, 0.29) is 5.56 Å². The van der Waals surface area contributed by atoms with Gasteiger partial charge in [-0.15, -0.1) is 0 Å². The molecule has 1 N–H and O–H groups in total. The van der Waals surface area contributed by atoms with E-state index in [4.69, 9.17) is 0 Å². The Morgan fingerprint density at radius 3 is 2.00 bits per heavy atom. The molecular weight excluding hydrogens is 246 g/mol. The molecule has 0 heterocycles. The predicted molar refractivity (Wildman–Crippen MR) is 74.4 cm³/mol. The smallest absolute Gasteiger partial charge is 0.263 e. The van der Waals surface area contributed by atoms with Gasteiger partial charge in [0.1, 0.15) is 0 Å². The van der Waals surface area contributed by atoms with Gasteiger partial charge in [-0.3, -0.25) is 0 Å². The van der Waals surface area contributed by atoms with Gasteiger partial charge in [0.15, 0.2) is 0 Å². The van der Waals surface area contributed by atoms with Crippen molar-refractivity contribution in [1.29, 1.82) is 0 Å².